The minimum absolute atomic E-state index is 0.0374. The number of aliphatic carboxylic acids is 1. The molecule has 0 saturated heterocycles. The predicted octanol–water partition coefficient (Wildman–Crippen LogP) is 4.72. The van der Waals surface area contributed by atoms with Gasteiger partial charge in [-0.15, -0.1) is 0 Å². The number of nitrogens with zero attached hydrogens (tertiary/aromatic N) is 3. The number of carboxylic acid groups (broad SMARTS) is 1. The SMILES string of the molecule is O=C(O)CCNC(=O)c1ccc2c(c1)nc(Nc1cccc(C(F)(F)F)c1)c1nc(NC3CC3)ncc12. The fraction of sp³-hybridized carbons (Fsp3) is 0.240. The average molecular weight is 510 g/mol. The summed E-state index contributed by atoms with van der Waals surface area (Å²) in [4.78, 5) is 36.8. The fourth-order valence-electron chi connectivity index (χ4n) is 3.79. The van der Waals surface area contributed by atoms with E-state index in [1.165, 1.54) is 18.2 Å². The lowest BCUT2D eigenvalue weighted by atomic mass is 10.1. The molecular formula is C25H21F3N6O3. The van der Waals surface area contributed by atoms with Gasteiger partial charge in [-0.1, -0.05) is 12.1 Å². The van der Waals surface area contributed by atoms with Gasteiger partial charge in [0.1, 0.15) is 5.52 Å². The number of amides is 1. The number of carboxylic acids is 1. The molecule has 0 aliphatic heterocycles. The van der Waals surface area contributed by atoms with E-state index >= 15 is 0 Å². The minimum atomic E-state index is -4.51. The van der Waals surface area contributed by atoms with Crippen LogP contribution in [0.3, 0.4) is 0 Å². The van der Waals surface area contributed by atoms with E-state index in [1.54, 1.807) is 18.3 Å². The van der Waals surface area contributed by atoms with Crippen LogP contribution >= 0.6 is 0 Å². The van der Waals surface area contributed by atoms with Crippen LogP contribution in [0.15, 0.2) is 48.7 Å². The normalized spacial score (nSPS) is 13.5. The van der Waals surface area contributed by atoms with Crippen molar-refractivity contribution < 1.29 is 27.9 Å². The van der Waals surface area contributed by atoms with Crippen LogP contribution in [0.25, 0.3) is 21.8 Å². The third-order valence-corrected chi connectivity index (χ3v) is 5.78. The van der Waals surface area contributed by atoms with Crippen molar-refractivity contribution in [3.8, 4) is 0 Å². The number of alkyl halides is 3. The van der Waals surface area contributed by atoms with E-state index < -0.39 is 23.6 Å². The van der Waals surface area contributed by atoms with Gasteiger partial charge in [-0.05, 0) is 43.2 Å². The van der Waals surface area contributed by atoms with E-state index in [9.17, 15) is 22.8 Å². The lowest BCUT2D eigenvalue weighted by molar-refractivity contribution is -0.138. The van der Waals surface area contributed by atoms with Crippen LogP contribution in [0.4, 0.5) is 30.6 Å². The Morgan fingerprint density at radius 1 is 1.05 bits per heavy atom. The highest BCUT2D eigenvalue weighted by Crippen LogP contribution is 2.34. The third kappa shape index (κ3) is 5.52. The summed E-state index contributed by atoms with van der Waals surface area (Å²) in [6.45, 7) is -0.0374. The molecule has 12 heteroatoms. The molecule has 0 spiro atoms. The summed E-state index contributed by atoms with van der Waals surface area (Å²) in [6, 6.07) is 9.82. The molecule has 5 rings (SSSR count). The molecule has 0 unspecified atom stereocenters. The number of fused-ring (bicyclic) bond motifs is 3. The van der Waals surface area contributed by atoms with E-state index in [0.29, 0.717) is 27.8 Å². The second kappa shape index (κ2) is 9.52. The van der Waals surface area contributed by atoms with Crippen LogP contribution in [-0.2, 0) is 11.0 Å². The fourth-order valence-corrected chi connectivity index (χ4v) is 3.79. The van der Waals surface area contributed by atoms with Crippen molar-refractivity contribution in [1.29, 1.82) is 0 Å². The second-order valence-corrected chi connectivity index (χ2v) is 8.67. The van der Waals surface area contributed by atoms with Gasteiger partial charge in [-0.3, -0.25) is 9.59 Å². The Morgan fingerprint density at radius 2 is 1.86 bits per heavy atom. The van der Waals surface area contributed by atoms with Crippen LogP contribution in [0, 0.1) is 0 Å². The molecule has 4 N–H and O–H groups in total. The highest BCUT2D eigenvalue weighted by Gasteiger charge is 2.30. The number of hydrogen-bond donors (Lipinski definition) is 4. The average Bonchev–Trinajstić information content (AvgIpc) is 3.67. The molecule has 0 radical (unpaired) electrons. The van der Waals surface area contributed by atoms with E-state index in [4.69, 9.17) is 5.11 Å². The second-order valence-electron chi connectivity index (χ2n) is 8.67. The van der Waals surface area contributed by atoms with Crippen molar-refractivity contribution in [3.05, 3.63) is 59.8 Å². The van der Waals surface area contributed by atoms with Crippen molar-refractivity contribution in [1.82, 2.24) is 20.3 Å². The van der Waals surface area contributed by atoms with E-state index in [1.807, 2.05) is 0 Å². The molecule has 1 saturated carbocycles. The van der Waals surface area contributed by atoms with Gasteiger partial charge in [0.2, 0.25) is 5.95 Å². The number of halogens is 3. The molecule has 1 aliphatic carbocycles. The number of nitrogens with one attached hydrogen (secondary N) is 3. The number of aromatic nitrogens is 3. The molecule has 4 aromatic rings. The van der Waals surface area contributed by atoms with E-state index in [0.717, 1.165) is 25.0 Å². The monoisotopic (exact) mass is 510 g/mol. The first-order valence-corrected chi connectivity index (χ1v) is 11.5. The summed E-state index contributed by atoms with van der Waals surface area (Å²) in [7, 11) is 0. The van der Waals surface area contributed by atoms with Gasteiger partial charge in [-0.2, -0.15) is 13.2 Å². The van der Waals surface area contributed by atoms with Crippen LogP contribution < -0.4 is 16.0 Å². The molecule has 0 bridgehead atoms. The zero-order valence-electron chi connectivity index (χ0n) is 19.3. The van der Waals surface area contributed by atoms with Crippen LogP contribution in [-0.4, -0.2) is 44.5 Å². The molecular weight excluding hydrogens is 489 g/mol. The molecule has 37 heavy (non-hydrogen) atoms. The van der Waals surface area contributed by atoms with Crippen molar-refractivity contribution in [2.75, 3.05) is 17.2 Å². The van der Waals surface area contributed by atoms with Crippen LogP contribution in [0.2, 0.25) is 0 Å². The van der Waals surface area contributed by atoms with Gasteiger partial charge in [0.05, 0.1) is 17.5 Å². The van der Waals surface area contributed by atoms with Gasteiger partial charge in [0.15, 0.2) is 5.82 Å². The number of anilines is 3. The van der Waals surface area contributed by atoms with E-state index in [-0.39, 0.29) is 36.1 Å². The molecule has 2 aromatic carbocycles. The van der Waals surface area contributed by atoms with Crippen molar-refractivity contribution in [3.63, 3.8) is 0 Å². The molecule has 2 heterocycles. The van der Waals surface area contributed by atoms with Crippen molar-refractivity contribution in [2.24, 2.45) is 0 Å². The number of carbonyl (C=O) groups is 2. The Balaban J connectivity index is 1.57. The topological polar surface area (TPSA) is 129 Å². The first kappa shape index (κ1) is 24.2. The Morgan fingerprint density at radius 3 is 2.59 bits per heavy atom. The Hall–Kier alpha value is -4.48. The summed E-state index contributed by atoms with van der Waals surface area (Å²) in [6.07, 6.45) is -1.11. The molecule has 190 valence electrons. The van der Waals surface area contributed by atoms with E-state index in [2.05, 4.69) is 30.9 Å². The van der Waals surface area contributed by atoms with Gasteiger partial charge >= 0.3 is 12.1 Å². The van der Waals surface area contributed by atoms with Gasteiger partial charge < -0.3 is 21.1 Å². The summed E-state index contributed by atoms with van der Waals surface area (Å²) >= 11 is 0. The summed E-state index contributed by atoms with van der Waals surface area (Å²) in [5.74, 6) is -0.922. The Kier molecular flexibility index (Phi) is 6.24. The molecule has 1 amide bonds. The number of rotatable bonds is 8. The molecule has 9 nitrogen and oxygen atoms in total. The quantitative estimate of drug-likeness (QED) is 0.251. The van der Waals surface area contributed by atoms with Gasteiger partial charge in [0, 0.05) is 40.8 Å². The first-order valence-electron chi connectivity index (χ1n) is 11.5. The van der Waals surface area contributed by atoms with Gasteiger partial charge in [0.25, 0.3) is 5.91 Å². The largest absolute Gasteiger partial charge is 0.481 e. The Bertz CT molecular complexity index is 1520. The lowest BCUT2D eigenvalue weighted by Crippen LogP contribution is -2.25. The van der Waals surface area contributed by atoms with Gasteiger partial charge in [-0.25, -0.2) is 15.0 Å². The Labute approximate surface area is 208 Å². The summed E-state index contributed by atoms with van der Waals surface area (Å²) < 4.78 is 39.8. The molecule has 1 aliphatic rings. The first-order chi connectivity index (χ1) is 17.7. The number of benzene rings is 2. The van der Waals surface area contributed by atoms with Crippen LogP contribution in [0.5, 0.6) is 0 Å². The zero-order chi connectivity index (χ0) is 26.2. The summed E-state index contributed by atoms with van der Waals surface area (Å²) in [5.41, 5.74) is 0.401. The maximum Gasteiger partial charge on any atom is 0.416 e. The molecule has 0 atom stereocenters. The maximum absolute atomic E-state index is 13.3. The highest BCUT2D eigenvalue weighted by atomic mass is 19.4. The number of pyridine rings is 1. The smallest absolute Gasteiger partial charge is 0.416 e. The predicted molar refractivity (Wildman–Crippen MR) is 131 cm³/mol. The van der Waals surface area contributed by atoms with Crippen molar-refractivity contribution in [2.45, 2.75) is 31.5 Å². The lowest BCUT2D eigenvalue weighted by Gasteiger charge is -2.14. The van der Waals surface area contributed by atoms with Crippen molar-refractivity contribution >= 4 is 51.1 Å². The maximum atomic E-state index is 13.3. The van der Waals surface area contributed by atoms with Crippen LogP contribution in [0.1, 0.15) is 35.2 Å². The number of carbonyl (C=O) groups excluding carboxylic acids is 1. The summed E-state index contributed by atoms with van der Waals surface area (Å²) in [5, 5.41) is 18.7. The number of hydrogen-bond acceptors (Lipinski definition) is 7. The standard InChI is InChI=1S/C25H21F3N6O3/c26-25(27,28)14-2-1-3-16(11-14)31-22-21-18(12-30-24(34-21)32-15-5-6-15)17-7-4-13(10-19(17)33-22)23(37)29-9-8-20(35)36/h1-4,7,10-12,15H,5-6,8-9H2,(H,29,37)(H,31,33)(H,35,36)(H,30,32,34). The minimum Gasteiger partial charge on any atom is -0.481 e. The third-order valence-electron chi connectivity index (χ3n) is 5.78. The molecule has 2 aromatic heterocycles. The highest BCUT2D eigenvalue weighted by molar-refractivity contribution is 6.10. The zero-order valence-corrected chi connectivity index (χ0v) is 19.3. The molecule has 1 fully saturated rings.